The first-order valence-corrected chi connectivity index (χ1v) is 8.38. The van der Waals surface area contributed by atoms with Crippen molar-refractivity contribution in [3.63, 3.8) is 0 Å². The van der Waals surface area contributed by atoms with E-state index >= 15 is 0 Å². The molecular formula is C20H21N3O3. The molecule has 0 radical (unpaired) electrons. The topological polar surface area (TPSA) is 64.6 Å². The fourth-order valence-electron chi connectivity index (χ4n) is 2.75. The predicted octanol–water partition coefficient (Wildman–Crippen LogP) is 3.31. The third-order valence-electron chi connectivity index (χ3n) is 4.16. The maximum atomic E-state index is 12.9. The van der Waals surface area contributed by atoms with Gasteiger partial charge in [0.1, 0.15) is 5.69 Å². The highest BCUT2D eigenvalue weighted by molar-refractivity contribution is 5.93. The van der Waals surface area contributed by atoms with Crippen LogP contribution in [-0.4, -0.2) is 41.5 Å². The number of fused-ring (bicyclic) bond motifs is 1. The zero-order valence-corrected chi connectivity index (χ0v) is 15.1. The second kappa shape index (κ2) is 7.82. The average Bonchev–Trinajstić information content (AvgIpc) is 2.70. The number of rotatable bonds is 6. The molecule has 3 aromatic rings. The zero-order chi connectivity index (χ0) is 18.5. The van der Waals surface area contributed by atoms with Crippen LogP contribution in [0.3, 0.4) is 0 Å². The molecule has 0 bridgehead atoms. The van der Waals surface area contributed by atoms with Crippen LogP contribution in [0.25, 0.3) is 11.0 Å². The molecule has 3 rings (SSSR count). The van der Waals surface area contributed by atoms with Crippen molar-refractivity contribution in [2.24, 2.45) is 0 Å². The van der Waals surface area contributed by atoms with Gasteiger partial charge >= 0.3 is 0 Å². The minimum Gasteiger partial charge on any atom is -0.493 e. The largest absolute Gasteiger partial charge is 0.493 e. The molecule has 0 N–H and O–H groups in total. The Morgan fingerprint density at radius 3 is 2.46 bits per heavy atom. The first kappa shape index (κ1) is 17.7. The molecule has 0 aliphatic heterocycles. The van der Waals surface area contributed by atoms with E-state index in [1.807, 2.05) is 49.4 Å². The molecule has 1 amide bonds. The van der Waals surface area contributed by atoms with Crippen LogP contribution in [0.2, 0.25) is 0 Å². The van der Waals surface area contributed by atoms with Gasteiger partial charge in [-0.05, 0) is 36.8 Å². The van der Waals surface area contributed by atoms with E-state index in [0.29, 0.717) is 35.8 Å². The van der Waals surface area contributed by atoms with Crippen molar-refractivity contribution in [1.82, 2.24) is 14.9 Å². The van der Waals surface area contributed by atoms with Crippen molar-refractivity contribution in [2.75, 3.05) is 20.8 Å². The molecule has 134 valence electrons. The maximum absolute atomic E-state index is 12.9. The molecule has 0 fully saturated rings. The number of carbonyl (C=O) groups is 1. The zero-order valence-electron chi connectivity index (χ0n) is 15.1. The molecule has 1 heterocycles. The fraction of sp³-hybridized carbons (Fsp3) is 0.250. The Labute approximate surface area is 152 Å². The van der Waals surface area contributed by atoms with Crippen LogP contribution in [0.1, 0.15) is 23.0 Å². The average molecular weight is 351 g/mol. The van der Waals surface area contributed by atoms with Crippen LogP contribution in [0, 0.1) is 0 Å². The molecule has 0 unspecified atom stereocenters. The predicted molar refractivity (Wildman–Crippen MR) is 99.5 cm³/mol. The molecule has 0 aliphatic rings. The highest BCUT2D eigenvalue weighted by atomic mass is 16.5. The van der Waals surface area contributed by atoms with E-state index in [2.05, 4.69) is 9.97 Å². The summed E-state index contributed by atoms with van der Waals surface area (Å²) >= 11 is 0. The van der Waals surface area contributed by atoms with E-state index in [-0.39, 0.29) is 5.91 Å². The monoisotopic (exact) mass is 351 g/mol. The molecule has 0 atom stereocenters. The number of para-hydroxylation sites is 2. The summed E-state index contributed by atoms with van der Waals surface area (Å²) < 4.78 is 10.6. The van der Waals surface area contributed by atoms with Gasteiger partial charge in [-0.1, -0.05) is 18.2 Å². The van der Waals surface area contributed by atoms with Crippen molar-refractivity contribution < 1.29 is 14.3 Å². The van der Waals surface area contributed by atoms with Gasteiger partial charge < -0.3 is 14.4 Å². The lowest BCUT2D eigenvalue weighted by molar-refractivity contribution is 0.0746. The number of ether oxygens (including phenoxy) is 2. The molecule has 0 aliphatic carbocycles. The lowest BCUT2D eigenvalue weighted by Crippen LogP contribution is -2.31. The Bertz CT molecular complexity index is 927. The summed E-state index contributed by atoms with van der Waals surface area (Å²) in [7, 11) is 3.19. The van der Waals surface area contributed by atoms with Gasteiger partial charge in [0.15, 0.2) is 11.5 Å². The maximum Gasteiger partial charge on any atom is 0.274 e. The van der Waals surface area contributed by atoms with E-state index in [1.165, 1.54) is 6.20 Å². The molecular weight excluding hydrogens is 330 g/mol. The van der Waals surface area contributed by atoms with E-state index in [9.17, 15) is 4.79 Å². The number of carbonyl (C=O) groups excluding carboxylic acids is 1. The number of methoxy groups -OCH3 is 2. The summed E-state index contributed by atoms with van der Waals surface area (Å²) in [6.45, 7) is 2.94. The molecule has 1 aromatic heterocycles. The smallest absolute Gasteiger partial charge is 0.274 e. The summed E-state index contributed by atoms with van der Waals surface area (Å²) in [4.78, 5) is 23.4. The van der Waals surface area contributed by atoms with Crippen molar-refractivity contribution in [2.45, 2.75) is 13.5 Å². The molecule has 0 spiro atoms. The molecule has 6 heteroatoms. The number of nitrogens with zero attached hydrogens (tertiary/aromatic N) is 3. The fourth-order valence-corrected chi connectivity index (χ4v) is 2.75. The van der Waals surface area contributed by atoms with Gasteiger partial charge in [0, 0.05) is 13.1 Å². The number of benzene rings is 2. The number of amides is 1. The van der Waals surface area contributed by atoms with Crippen LogP contribution in [-0.2, 0) is 6.54 Å². The van der Waals surface area contributed by atoms with Crippen LogP contribution in [0.15, 0.2) is 48.7 Å². The Morgan fingerprint density at radius 2 is 1.77 bits per heavy atom. The highest BCUT2D eigenvalue weighted by Crippen LogP contribution is 2.28. The second-order valence-corrected chi connectivity index (χ2v) is 5.75. The highest BCUT2D eigenvalue weighted by Gasteiger charge is 2.18. The summed E-state index contributed by atoms with van der Waals surface area (Å²) in [5, 5.41) is 0. The SMILES string of the molecule is CCN(Cc1ccc(OC)c(OC)c1)C(=O)c1cnc2ccccc2n1. The van der Waals surface area contributed by atoms with Gasteiger partial charge in [-0.15, -0.1) is 0 Å². The van der Waals surface area contributed by atoms with Crippen LogP contribution >= 0.6 is 0 Å². The van der Waals surface area contributed by atoms with Gasteiger partial charge in [-0.3, -0.25) is 9.78 Å². The first-order chi connectivity index (χ1) is 12.7. The molecule has 0 saturated carbocycles. The third kappa shape index (κ3) is 3.59. The van der Waals surface area contributed by atoms with E-state index in [1.54, 1.807) is 19.1 Å². The van der Waals surface area contributed by atoms with Gasteiger partial charge in [0.05, 0.1) is 31.4 Å². The van der Waals surface area contributed by atoms with Crippen LogP contribution < -0.4 is 9.47 Å². The van der Waals surface area contributed by atoms with Gasteiger partial charge in [-0.25, -0.2) is 4.98 Å². The first-order valence-electron chi connectivity index (χ1n) is 8.38. The van der Waals surface area contributed by atoms with Crippen LogP contribution in [0.4, 0.5) is 0 Å². The standard InChI is InChI=1S/C20H21N3O3/c1-4-23(13-14-9-10-18(25-2)19(11-14)26-3)20(24)17-12-21-15-7-5-6-8-16(15)22-17/h5-12H,4,13H2,1-3H3. The molecule has 0 saturated heterocycles. The van der Waals surface area contributed by atoms with E-state index < -0.39 is 0 Å². The Kier molecular flexibility index (Phi) is 5.31. The second-order valence-electron chi connectivity index (χ2n) is 5.75. The number of hydrogen-bond acceptors (Lipinski definition) is 5. The minimum absolute atomic E-state index is 0.152. The summed E-state index contributed by atoms with van der Waals surface area (Å²) in [6.07, 6.45) is 1.53. The Balaban J connectivity index is 1.84. The van der Waals surface area contributed by atoms with E-state index in [0.717, 1.165) is 11.1 Å². The quantitative estimate of drug-likeness (QED) is 0.682. The minimum atomic E-state index is -0.152. The van der Waals surface area contributed by atoms with Crippen LogP contribution in [0.5, 0.6) is 11.5 Å². The molecule has 26 heavy (non-hydrogen) atoms. The third-order valence-corrected chi connectivity index (χ3v) is 4.16. The Morgan fingerprint density at radius 1 is 1.04 bits per heavy atom. The number of aromatic nitrogens is 2. The summed E-state index contributed by atoms with van der Waals surface area (Å²) in [6, 6.07) is 13.1. The van der Waals surface area contributed by atoms with Gasteiger partial charge in [0.25, 0.3) is 5.91 Å². The lowest BCUT2D eigenvalue weighted by atomic mass is 10.1. The summed E-state index contributed by atoms with van der Waals surface area (Å²) in [5.41, 5.74) is 2.77. The lowest BCUT2D eigenvalue weighted by Gasteiger charge is -2.21. The Hall–Kier alpha value is -3.15. The van der Waals surface area contributed by atoms with Gasteiger partial charge in [-0.2, -0.15) is 0 Å². The van der Waals surface area contributed by atoms with Crippen molar-refractivity contribution in [1.29, 1.82) is 0 Å². The number of hydrogen-bond donors (Lipinski definition) is 0. The van der Waals surface area contributed by atoms with E-state index in [4.69, 9.17) is 9.47 Å². The molecule has 2 aromatic carbocycles. The van der Waals surface area contributed by atoms with Crippen molar-refractivity contribution in [3.05, 3.63) is 59.9 Å². The van der Waals surface area contributed by atoms with Gasteiger partial charge in [0.2, 0.25) is 0 Å². The van der Waals surface area contributed by atoms with Crippen molar-refractivity contribution in [3.8, 4) is 11.5 Å². The van der Waals surface area contributed by atoms with Crippen molar-refractivity contribution >= 4 is 16.9 Å². The molecule has 6 nitrogen and oxygen atoms in total. The summed E-state index contributed by atoms with van der Waals surface area (Å²) in [5.74, 6) is 1.14. The normalized spacial score (nSPS) is 10.6.